The average Bonchev–Trinajstić information content (AvgIpc) is 3.24. The number of aromatic nitrogens is 1. The Morgan fingerprint density at radius 2 is 1.92 bits per heavy atom. The molecule has 1 N–H and O–H groups in total. The highest BCUT2D eigenvalue weighted by Gasteiger charge is 2.20. The topological polar surface area (TPSA) is 91.9 Å². The number of nitrogens with one attached hydrogen (secondary N) is 1. The van der Waals surface area contributed by atoms with Gasteiger partial charge in [-0.2, -0.15) is 0 Å². The molecule has 0 aliphatic carbocycles. The van der Waals surface area contributed by atoms with Crippen LogP contribution in [0.25, 0.3) is 11.1 Å². The minimum absolute atomic E-state index is 0.0946. The van der Waals surface area contributed by atoms with Crippen LogP contribution in [0.1, 0.15) is 10.5 Å². The van der Waals surface area contributed by atoms with Gasteiger partial charge in [0, 0.05) is 18.2 Å². The Bertz CT molecular complexity index is 956. The fraction of sp³-hybridized carbons (Fsp3) is 0.222. The van der Waals surface area contributed by atoms with Gasteiger partial charge in [-0.3, -0.25) is 4.79 Å². The highest BCUT2D eigenvalue weighted by atomic mass is 16.5. The molecule has 8 nitrogen and oxygen atoms in total. The molecule has 0 bridgehead atoms. The van der Waals surface area contributed by atoms with Crippen LogP contribution in [-0.4, -0.2) is 37.8 Å². The first-order valence-electron chi connectivity index (χ1n) is 7.74. The number of benzene rings is 1. The summed E-state index contributed by atoms with van der Waals surface area (Å²) >= 11 is 0. The molecule has 0 aliphatic heterocycles. The fourth-order valence-corrected chi connectivity index (χ4v) is 2.66. The molecule has 0 radical (unpaired) electrons. The third-order valence-corrected chi connectivity index (χ3v) is 3.90. The number of rotatable bonds is 6. The van der Waals surface area contributed by atoms with E-state index in [9.17, 15) is 9.59 Å². The van der Waals surface area contributed by atoms with Crippen LogP contribution in [0.4, 0.5) is 5.69 Å². The van der Waals surface area contributed by atoms with Crippen molar-refractivity contribution < 1.29 is 28.2 Å². The molecule has 0 aliphatic rings. The Balaban J connectivity index is 1.86. The third-order valence-electron chi connectivity index (χ3n) is 3.90. The lowest BCUT2D eigenvalue weighted by Crippen LogP contribution is -2.22. The van der Waals surface area contributed by atoms with Gasteiger partial charge in [-0.25, -0.2) is 4.79 Å². The second kappa shape index (κ2) is 7.22. The number of nitrogens with zero attached hydrogens (tertiary/aromatic N) is 1. The Labute approximate surface area is 149 Å². The lowest BCUT2D eigenvalue weighted by molar-refractivity contribution is -0.116. The second-order valence-corrected chi connectivity index (χ2v) is 5.39. The van der Waals surface area contributed by atoms with E-state index in [0.29, 0.717) is 28.3 Å². The summed E-state index contributed by atoms with van der Waals surface area (Å²) in [5, 5.41) is 2.77. The van der Waals surface area contributed by atoms with Gasteiger partial charge >= 0.3 is 5.97 Å². The zero-order valence-corrected chi connectivity index (χ0v) is 14.6. The Hall–Kier alpha value is -3.42. The minimum Gasteiger partial charge on any atom is -0.497 e. The lowest BCUT2D eigenvalue weighted by atomic mass is 10.2. The third kappa shape index (κ3) is 3.21. The Kier molecular flexibility index (Phi) is 4.83. The van der Waals surface area contributed by atoms with Crippen LogP contribution < -0.4 is 14.8 Å². The van der Waals surface area contributed by atoms with E-state index in [1.165, 1.54) is 25.0 Å². The summed E-state index contributed by atoms with van der Waals surface area (Å²) < 4.78 is 22.0. The van der Waals surface area contributed by atoms with Gasteiger partial charge in [0.2, 0.25) is 5.91 Å². The maximum Gasteiger partial charge on any atom is 0.354 e. The summed E-state index contributed by atoms with van der Waals surface area (Å²) in [5.74, 6) is 0.189. The van der Waals surface area contributed by atoms with E-state index in [1.54, 1.807) is 37.4 Å². The summed E-state index contributed by atoms with van der Waals surface area (Å²) in [7, 11) is 4.33. The maximum absolute atomic E-state index is 12.5. The second-order valence-electron chi connectivity index (χ2n) is 5.39. The zero-order valence-electron chi connectivity index (χ0n) is 14.6. The average molecular weight is 358 g/mol. The molecule has 0 fully saturated rings. The predicted molar refractivity (Wildman–Crippen MR) is 93.7 cm³/mol. The number of fused-ring (bicyclic) bond motifs is 1. The minimum atomic E-state index is -0.550. The van der Waals surface area contributed by atoms with E-state index in [1.807, 2.05) is 0 Å². The number of methoxy groups -OCH3 is 3. The molecule has 0 unspecified atom stereocenters. The quantitative estimate of drug-likeness (QED) is 0.681. The standard InChI is InChI=1S/C18H18N2O6/c1-23-11-4-5-12(15(8-11)24-2)19-17(21)10-20-13-6-7-26-16(13)9-14(20)18(22)25-3/h4-9H,10H2,1-3H3,(H,19,21). The molecule has 2 heterocycles. The van der Waals surface area contributed by atoms with Crippen LogP contribution in [-0.2, 0) is 16.1 Å². The summed E-state index contributed by atoms with van der Waals surface area (Å²) in [6.45, 7) is -0.0946. The van der Waals surface area contributed by atoms with Gasteiger partial charge < -0.3 is 28.5 Å². The van der Waals surface area contributed by atoms with E-state index in [4.69, 9.17) is 18.6 Å². The molecule has 26 heavy (non-hydrogen) atoms. The smallest absolute Gasteiger partial charge is 0.354 e. The van der Waals surface area contributed by atoms with Gasteiger partial charge in [0.05, 0.1) is 38.8 Å². The van der Waals surface area contributed by atoms with Crippen molar-refractivity contribution in [2.45, 2.75) is 6.54 Å². The van der Waals surface area contributed by atoms with E-state index in [0.717, 1.165) is 0 Å². The van der Waals surface area contributed by atoms with Crippen molar-refractivity contribution >= 4 is 28.7 Å². The normalized spacial score (nSPS) is 10.6. The van der Waals surface area contributed by atoms with Crippen molar-refractivity contribution in [2.75, 3.05) is 26.6 Å². The number of anilines is 1. The van der Waals surface area contributed by atoms with Crippen LogP contribution in [0.2, 0.25) is 0 Å². The van der Waals surface area contributed by atoms with Crippen molar-refractivity contribution in [3.05, 3.63) is 42.3 Å². The molecule has 0 saturated carbocycles. The van der Waals surface area contributed by atoms with Crippen LogP contribution in [0.15, 0.2) is 41.0 Å². The Morgan fingerprint density at radius 1 is 1.12 bits per heavy atom. The number of hydrogen-bond acceptors (Lipinski definition) is 6. The first-order valence-corrected chi connectivity index (χ1v) is 7.74. The van der Waals surface area contributed by atoms with Crippen LogP contribution in [0.5, 0.6) is 11.5 Å². The predicted octanol–water partition coefficient (Wildman–Crippen LogP) is 2.68. The summed E-state index contributed by atoms with van der Waals surface area (Å²) in [5.41, 5.74) is 1.86. The zero-order chi connectivity index (χ0) is 18.7. The molecular weight excluding hydrogens is 340 g/mol. The van der Waals surface area contributed by atoms with E-state index >= 15 is 0 Å². The molecule has 0 saturated heterocycles. The van der Waals surface area contributed by atoms with Crippen LogP contribution >= 0.6 is 0 Å². The molecule has 1 amide bonds. The number of esters is 1. The summed E-state index contributed by atoms with van der Waals surface area (Å²) in [4.78, 5) is 24.5. The van der Waals surface area contributed by atoms with Gasteiger partial charge in [-0.1, -0.05) is 0 Å². The largest absolute Gasteiger partial charge is 0.497 e. The van der Waals surface area contributed by atoms with Crippen molar-refractivity contribution in [2.24, 2.45) is 0 Å². The number of furan rings is 1. The number of hydrogen-bond donors (Lipinski definition) is 1. The molecule has 136 valence electrons. The maximum atomic E-state index is 12.5. The number of ether oxygens (including phenoxy) is 3. The van der Waals surface area contributed by atoms with Crippen LogP contribution in [0.3, 0.4) is 0 Å². The summed E-state index contributed by atoms with van der Waals surface area (Å²) in [6.07, 6.45) is 1.49. The van der Waals surface area contributed by atoms with E-state index < -0.39 is 5.97 Å². The monoisotopic (exact) mass is 358 g/mol. The van der Waals surface area contributed by atoms with Gasteiger partial charge in [0.25, 0.3) is 0 Å². The number of carbonyl (C=O) groups excluding carboxylic acids is 2. The molecule has 3 rings (SSSR count). The van der Waals surface area contributed by atoms with Gasteiger partial charge in [0.1, 0.15) is 23.7 Å². The molecule has 0 spiro atoms. The fourth-order valence-electron chi connectivity index (χ4n) is 2.66. The molecule has 2 aromatic heterocycles. The number of carbonyl (C=O) groups is 2. The van der Waals surface area contributed by atoms with E-state index in [2.05, 4.69) is 5.32 Å². The first-order chi connectivity index (χ1) is 12.6. The van der Waals surface area contributed by atoms with Crippen molar-refractivity contribution in [1.29, 1.82) is 0 Å². The highest BCUT2D eigenvalue weighted by Crippen LogP contribution is 2.29. The first kappa shape index (κ1) is 17.4. The molecule has 0 atom stereocenters. The molecular formula is C18H18N2O6. The van der Waals surface area contributed by atoms with Crippen molar-refractivity contribution in [1.82, 2.24) is 4.57 Å². The van der Waals surface area contributed by atoms with Gasteiger partial charge in [0.15, 0.2) is 5.58 Å². The molecule has 3 aromatic rings. The Morgan fingerprint density at radius 3 is 2.62 bits per heavy atom. The molecule has 1 aromatic carbocycles. The highest BCUT2D eigenvalue weighted by molar-refractivity contribution is 5.97. The van der Waals surface area contributed by atoms with Gasteiger partial charge in [-0.15, -0.1) is 0 Å². The summed E-state index contributed by atoms with van der Waals surface area (Å²) in [6, 6.07) is 8.28. The molecule has 8 heteroatoms. The van der Waals surface area contributed by atoms with E-state index in [-0.39, 0.29) is 18.1 Å². The lowest BCUT2D eigenvalue weighted by Gasteiger charge is -2.13. The van der Waals surface area contributed by atoms with Gasteiger partial charge in [-0.05, 0) is 12.1 Å². The van der Waals surface area contributed by atoms with Crippen molar-refractivity contribution in [3.63, 3.8) is 0 Å². The van der Waals surface area contributed by atoms with Crippen LogP contribution in [0, 0.1) is 0 Å². The number of amides is 1. The van der Waals surface area contributed by atoms with Crippen molar-refractivity contribution in [3.8, 4) is 11.5 Å². The SMILES string of the molecule is COC(=O)c1cc2occc2n1CC(=O)Nc1ccc(OC)cc1OC.